The highest BCUT2D eigenvalue weighted by Gasteiger charge is 2.31. The number of ether oxygens (including phenoxy) is 2. The minimum atomic E-state index is -0.619. The first-order valence-electron chi connectivity index (χ1n) is 9.71. The number of nitrogens with one attached hydrogen (secondary N) is 1. The van der Waals surface area contributed by atoms with Crippen molar-refractivity contribution in [2.45, 2.75) is 47.1 Å². The smallest absolute Gasteiger partial charge is 0.272 e. The summed E-state index contributed by atoms with van der Waals surface area (Å²) >= 11 is 0. The van der Waals surface area contributed by atoms with Crippen LogP contribution in [0.3, 0.4) is 0 Å². The number of benzene rings is 2. The summed E-state index contributed by atoms with van der Waals surface area (Å²) < 4.78 is 11.2. The van der Waals surface area contributed by atoms with E-state index in [2.05, 4.69) is 5.43 Å². The van der Waals surface area contributed by atoms with Crippen molar-refractivity contribution >= 4 is 11.8 Å². The van der Waals surface area contributed by atoms with E-state index in [4.69, 9.17) is 9.47 Å². The molecule has 154 valence electrons. The molecular weight excluding hydrogens is 368 g/mol. The van der Waals surface area contributed by atoms with Gasteiger partial charge in [0.2, 0.25) is 0 Å². The molecule has 0 aliphatic carbocycles. The van der Waals surface area contributed by atoms with Gasteiger partial charge in [-0.15, -0.1) is 0 Å². The van der Waals surface area contributed by atoms with Gasteiger partial charge in [-0.1, -0.05) is 17.2 Å². The number of hydrazine groups is 1. The number of carbonyl (C=O) groups excluding carboxylic acids is 2. The van der Waals surface area contributed by atoms with Crippen molar-refractivity contribution in [3.8, 4) is 11.5 Å². The van der Waals surface area contributed by atoms with Gasteiger partial charge in [0.05, 0.1) is 5.54 Å². The molecule has 1 heterocycles. The van der Waals surface area contributed by atoms with E-state index in [1.807, 2.05) is 59.7 Å². The normalized spacial score (nSPS) is 13.0. The molecule has 1 aliphatic heterocycles. The zero-order valence-electron chi connectivity index (χ0n) is 17.9. The Labute approximate surface area is 171 Å². The topological polar surface area (TPSA) is 67.9 Å². The summed E-state index contributed by atoms with van der Waals surface area (Å²) in [5.41, 5.74) is 5.85. The molecule has 29 heavy (non-hydrogen) atoms. The summed E-state index contributed by atoms with van der Waals surface area (Å²) in [5, 5.41) is 1.39. The number of hydrogen-bond acceptors (Lipinski definition) is 4. The maximum atomic E-state index is 13.2. The van der Waals surface area contributed by atoms with Crippen molar-refractivity contribution < 1.29 is 19.1 Å². The van der Waals surface area contributed by atoms with Crippen molar-refractivity contribution in [2.24, 2.45) is 0 Å². The van der Waals surface area contributed by atoms with Crippen LogP contribution in [-0.4, -0.2) is 35.6 Å². The fourth-order valence-corrected chi connectivity index (χ4v) is 3.41. The Hall–Kier alpha value is -3.02. The van der Waals surface area contributed by atoms with Crippen LogP contribution < -0.4 is 14.9 Å². The second-order valence-corrected chi connectivity index (χ2v) is 8.39. The minimum absolute atomic E-state index is 0.257. The maximum Gasteiger partial charge on any atom is 0.272 e. The number of amides is 2. The summed E-state index contributed by atoms with van der Waals surface area (Å²) in [6, 6.07) is 9.09. The Kier molecular flexibility index (Phi) is 5.55. The number of fused-ring (bicyclic) bond motifs is 1. The number of nitrogens with zero attached hydrogens (tertiary/aromatic N) is 1. The lowest BCUT2D eigenvalue weighted by molar-refractivity contribution is 0.0358. The molecule has 0 atom stereocenters. The summed E-state index contributed by atoms with van der Waals surface area (Å²) in [6.07, 6.45) is 0. The van der Waals surface area contributed by atoms with E-state index in [1.165, 1.54) is 5.01 Å². The average molecular weight is 396 g/mol. The highest BCUT2D eigenvalue weighted by Crippen LogP contribution is 2.35. The maximum absolute atomic E-state index is 13.2. The molecule has 1 N–H and O–H groups in total. The molecule has 3 rings (SSSR count). The Morgan fingerprint density at radius 2 is 1.59 bits per heavy atom. The Morgan fingerprint density at radius 1 is 0.966 bits per heavy atom. The van der Waals surface area contributed by atoms with Crippen LogP contribution in [0.15, 0.2) is 30.3 Å². The molecule has 0 saturated heterocycles. The molecule has 2 aromatic rings. The Bertz CT molecular complexity index is 940. The summed E-state index contributed by atoms with van der Waals surface area (Å²) in [4.78, 5) is 26.3. The number of rotatable bonds is 2. The third-order valence-electron chi connectivity index (χ3n) is 4.76. The molecule has 2 amide bonds. The van der Waals surface area contributed by atoms with Crippen LogP contribution in [-0.2, 0) is 0 Å². The van der Waals surface area contributed by atoms with E-state index in [9.17, 15) is 9.59 Å². The third kappa shape index (κ3) is 4.36. The lowest BCUT2D eigenvalue weighted by Gasteiger charge is -2.36. The highest BCUT2D eigenvalue weighted by atomic mass is 16.6. The summed E-state index contributed by atoms with van der Waals surface area (Å²) in [5.74, 6) is 0.580. The molecule has 0 saturated carbocycles. The number of carbonyl (C=O) groups is 2. The molecule has 0 spiro atoms. The number of hydrogen-bond donors (Lipinski definition) is 1. The second kappa shape index (κ2) is 7.78. The van der Waals surface area contributed by atoms with Gasteiger partial charge in [-0.05, 0) is 65.8 Å². The Balaban J connectivity index is 1.91. The lowest BCUT2D eigenvalue weighted by Crippen LogP contribution is -2.56. The van der Waals surface area contributed by atoms with Gasteiger partial charge >= 0.3 is 0 Å². The zero-order valence-corrected chi connectivity index (χ0v) is 17.9. The average Bonchev–Trinajstić information content (AvgIpc) is 2.64. The van der Waals surface area contributed by atoms with E-state index < -0.39 is 5.54 Å². The number of aryl methyl sites for hydroxylation is 2. The first-order chi connectivity index (χ1) is 13.6. The van der Waals surface area contributed by atoms with Crippen LogP contribution in [0.25, 0.3) is 0 Å². The fraction of sp³-hybridized carbons (Fsp3) is 0.391. The molecule has 0 bridgehead atoms. The van der Waals surface area contributed by atoms with Crippen molar-refractivity contribution in [1.29, 1.82) is 0 Å². The Morgan fingerprint density at radius 3 is 2.21 bits per heavy atom. The first kappa shape index (κ1) is 20.7. The minimum Gasteiger partial charge on any atom is -0.486 e. The van der Waals surface area contributed by atoms with Gasteiger partial charge in [0.15, 0.2) is 11.5 Å². The molecule has 0 radical (unpaired) electrons. The van der Waals surface area contributed by atoms with Crippen molar-refractivity contribution in [1.82, 2.24) is 10.4 Å². The van der Waals surface area contributed by atoms with Gasteiger partial charge in [0, 0.05) is 16.7 Å². The van der Waals surface area contributed by atoms with E-state index in [-0.39, 0.29) is 11.8 Å². The van der Waals surface area contributed by atoms with Crippen LogP contribution in [0.1, 0.15) is 58.2 Å². The standard InChI is InChI=1S/C23H28N2O4/c1-14-11-15(2)13-17(12-14)22(27)25(23(4,5)6)24-21(26)18-7-8-19-20(16(18)3)29-10-9-28-19/h7-8,11-13H,9-10H2,1-6H3,(H,24,26). The molecule has 0 aromatic heterocycles. The lowest BCUT2D eigenvalue weighted by atomic mass is 10.0. The summed E-state index contributed by atoms with van der Waals surface area (Å²) in [6.45, 7) is 12.3. The monoisotopic (exact) mass is 396 g/mol. The van der Waals surface area contributed by atoms with Gasteiger partial charge in [0.25, 0.3) is 11.8 Å². The van der Waals surface area contributed by atoms with E-state index in [0.717, 1.165) is 11.1 Å². The van der Waals surface area contributed by atoms with E-state index in [1.54, 1.807) is 12.1 Å². The highest BCUT2D eigenvalue weighted by molar-refractivity contribution is 6.00. The van der Waals surface area contributed by atoms with Gasteiger partial charge in [-0.3, -0.25) is 15.0 Å². The van der Waals surface area contributed by atoms with Crippen molar-refractivity contribution in [3.63, 3.8) is 0 Å². The van der Waals surface area contributed by atoms with Crippen LogP contribution in [0, 0.1) is 20.8 Å². The van der Waals surface area contributed by atoms with Gasteiger partial charge < -0.3 is 9.47 Å². The molecule has 0 unspecified atom stereocenters. The van der Waals surface area contributed by atoms with E-state index in [0.29, 0.717) is 41.4 Å². The summed E-state index contributed by atoms with van der Waals surface area (Å²) in [7, 11) is 0. The van der Waals surface area contributed by atoms with Crippen LogP contribution in [0.5, 0.6) is 11.5 Å². The van der Waals surface area contributed by atoms with Crippen LogP contribution in [0.2, 0.25) is 0 Å². The molecule has 0 fully saturated rings. The molecule has 2 aromatic carbocycles. The molecule has 6 nitrogen and oxygen atoms in total. The largest absolute Gasteiger partial charge is 0.486 e. The van der Waals surface area contributed by atoms with Crippen molar-refractivity contribution in [3.05, 3.63) is 58.1 Å². The fourth-order valence-electron chi connectivity index (χ4n) is 3.41. The molecular formula is C23H28N2O4. The SMILES string of the molecule is Cc1cc(C)cc(C(=O)N(NC(=O)c2ccc3c(c2C)OCCO3)C(C)(C)C)c1. The third-order valence-corrected chi connectivity index (χ3v) is 4.76. The quantitative estimate of drug-likeness (QED) is 0.780. The van der Waals surface area contributed by atoms with E-state index >= 15 is 0 Å². The first-order valence-corrected chi connectivity index (χ1v) is 9.71. The molecule has 1 aliphatic rings. The van der Waals surface area contributed by atoms with Crippen LogP contribution in [0.4, 0.5) is 0 Å². The predicted molar refractivity (Wildman–Crippen MR) is 111 cm³/mol. The zero-order chi connectivity index (χ0) is 21.3. The second-order valence-electron chi connectivity index (χ2n) is 8.39. The molecule has 6 heteroatoms. The van der Waals surface area contributed by atoms with Gasteiger partial charge in [-0.2, -0.15) is 0 Å². The van der Waals surface area contributed by atoms with Crippen molar-refractivity contribution in [2.75, 3.05) is 13.2 Å². The van der Waals surface area contributed by atoms with Crippen LogP contribution >= 0.6 is 0 Å². The van der Waals surface area contributed by atoms with Gasteiger partial charge in [0.1, 0.15) is 13.2 Å². The van der Waals surface area contributed by atoms with Gasteiger partial charge in [-0.25, -0.2) is 5.01 Å². The predicted octanol–water partition coefficient (Wildman–Crippen LogP) is 3.97.